The molecule has 0 radical (unpaired) electrons. The van der Waals surface area contributed by atoms with E-state index in [4.69, 9.17) is 11.6 Å². The van der Waals surface area contributed by atoms with Gasteiger partial charge in [-0.1, -0.05) is 17.7 Å². The number of aromatic nitrogens is 1. The van der Waals surface area contributed by atoms with Crippen molar-refractivity contribution in [1.29, 1.82) is 0 Å². The Kier molecular flexibility index (Phi) is 4.39. The van der Waals surface area contributed by atoms with Crippen LogP contribution in [-0.4, -0.2) is 11.0 Å². The van der Waals surface area contributed by atoms with Gasteiger partial charge in [0.2, 0.25) is 0 Å². The highest BCUT2D eigenvalue weighted by Crippen LogP contribution is 2.27. The molecule has 0 unspecified atom stereocenters. The average molecular weight is 297 g/mol. The maximum absolute atomic E-state index is 12.9. The molecule has 0 amide bonds. The molecule has 0 saturated carbocycles. The molecular formula is C13H8ClFNO2S-. The van der Waals surface area contributed by atoms with Crippen LogP contribution in [0.25, 0.3) is 0 Å². The van der Waals surface area contributed by atoms with Gasteiger partial charge < -0.3 is 9.90 Å². The van der Waals surface area contributed by atoms with Gasteiger partial charge in [0.15, 0.2) is 0 Å². The number of rotatable bonds is 4. The number of carbonyl (C=O) groups excluding carboxylic acids is 1. The monoisotopic (exact) mass is 296 g/mol. The number of hydrogen-bond donors (Lipinski definition) is 0. The summed E-state index contributed by atoms with van der Waals surface area (Å²) in [5, 5.41) is 11.6. The first kappa shape index (κ1) is 13.8. The molecule has 0 aliphatic heterocycles. The van der Waals surface area contributed by atoms with Gasteiger partial charge >= 0.3 is 0 Å². The van der Waals surface area contributed by atoms with Crippen LogP contribution in [0.3, 0.4) is 0 Å². The van der Waals surface area contributed by atoms with Gasteiger partial charge in [0.05, 0.1) is 5.97 Å². The molecule has 1 aromatic heterocycles. The third-order valence-electron chi connectivity index (χ3n) is 2.37. The van der Waals surface area contributed by atoms with Gasteiger partial charge in [-0.15, -0.1) is 11.8 Å². The highest BCUT2D eigenvalue weighted by atomic mass is 35.5. The first-order valence-electron chi connectivity index (χ1n) is 5.31. The van der Waals surface area contributed by atoms with E-state index in [9.17, 15) is 14.3 Å². The molecule has 1 heterocycles. The summed E-state index contributed by atoms with van der Waals surface area (Å²) in [6.45, 7) is 0. The first-order chi connectivity index (χ1) is 9.08. The van der Waals surface area contributed by atoms with Crippen LogP contribution in [0.1, 0.15) is 15.9 Å². The minimum atomic E-state index is -1.28. The molecule has 0 N–H and O–H groups in total. The maximum atomic E-state index is 12.9. The number of halogens is 2. The summed E-state index contributed by atoms with van der Waals surface area (Å²) >= 11 is 7.11. The van der Waals surface area contributed by atoms with Crippen molar-refractivity contribution in [2.24, 2.45) is 0 Å². The Balaban J connectivity index is 2.17. The summed E-state index contributed by atoms with van der Waals surface area (Å²) in [7, 11) is 0. The third kappa shape index (κ3) is 3.45. The number of carboxylic acids is 1. The van der Waals surface area contributed by atoms with Gasteiger partial charge in [-0.2, -0.15) is 0 Å². The molecule has 3 nitrogen and oxygen atoms in total. The molecule has 98 valence electrons. The number of hydrogen-bond acceptors (Lipinski definition) is 4. The van der Waals surface area contributed by atoms with Crippen molar-refractivity contribution in [2.75, 3.05) is 0 Å². The van der Waals surface area contributed by atoms with Gasteiger partial charge in [0, 0.05) is 22.5 Å². The van der Waals surface area contributed by atoms with Crippen LogP contribution in [0.15, 0.2) is 41.6 Å². The molecule has 1 aromatic carbocycles. The van der Waals surface area contributed by atoms with Gasteiger partial charge in [0.1, 0.15) is 10.8 Å². The fourth-order valence-electron chi connectivity index (χ4n) is 1.45. The largest absolute Gasteiger partial charge is 0.545 e. The second kappa shape index (κ2) is 6.04. The molecule has 0 atom stereocenters. The molecule has 0 bridgehead atoms. The van der Waals surface area contributed by atoms with Gasteiger partial charge in [-0.25, -0.2) is 9.37 Å². The molecule has 2 aromatic rings. The molecule has 0 saturated heterocycles. The molecule has 19 heavy (non-hydrogen) atoms. The van der Waals surface area contributed by atoms with Crippen LogP contribution >= 0.6 is 23.4 Å². The molecule has 0 fully saturated rings. The van der Waals surface area contributed by atoms with E-state index in [-0.39, 0.29) is 5.56 Å². The second-order valence-corrected chi connectivity index (χ2v) is 5.04. The Morgan fingerprint density at radius 1 is 1.42 bits per heavy atom. The van der Waals surface area contributed by atoms with Crippen LogP contribution in [0.5, 0.6) is 0 Å². The van der Waals surface area contributed by atoms with E-state index in [1.165, 1.54) is 42.2 Å². The summed E-state index contributed by atoms with van der Waals surface area (Å²) in [6.07, 6.45) is 1.50. The first-order valence-corrected chi connectivity index (χ1v) is 6.67. The van der Waals surface area contributed by atoms with Crippen molar-refractivity contribution >= 4 is 29.3 Å². The highest BCUT2D eigenvalue weighted by Gasteiger charge is 2.07. The predicted molar refractivity (Wildman–Crippen MR) is 69.5 cm³/mol. The lowest BCUT2D eigenvalue weighted by Crippen LogP contribution is -2.23. The Labute approximate surface area is 118 Å². The van der Waals surface area contributed by atoms with E-state index in [1.807, 2.05) is 0 Å². The van der Waals surface area contributed by atoms with Gasteiger partial charge in [0.25, 0.3) is 0 Å². The molecular weight excluding hydrogens is 289 g/mol. The zero-order valence-electron chi connectivity index (χ0n) is 9.60. The van der Waals surface area contributed by atoms with Gasteiger partial charge in [-0.3, -0.25) is 0 Å². The highest BCUT2D eigenvalue weighted by molar-refractivity contribution is 7.98. The predicted octanol–water partition coefficient (Wildman–Crippen LogP) is 2.53. The van der Waals surface area contributed by atoms with Crippen molar-refractivity contribution in [3.63, 3.8) is 0 Å². The average Bonchev–Trinajstić information content (AvgIpc) is 2.38. The molecule has 0 spiro atoms. The third-order valence-corrected chi connectivity index (χ3v) is 3.78. The lowest BCUT2D eigenvalue weighted by atomic mass is 10.2. The van der Waals surface area contributed by atoms with E-state index in [1.54, 1.807) is 6.07 Å². The fraction of sp³-hybridized carbons (Fsp3) is 0.0769. The number of carboxylic acid groups (broad SMARTS) is 1. The van der Waals surface area contributed by atoms with Crippen molar-refractivity contribution < 1.29 is 14.3 Å². The number of benzene rings is 1. The smallest absolute Gasteiger partial charge is 0.124 e. The Hall–Kier alpha value is -1.59. The van der Waals surface area contributed by atoms with Gasteiger partial charge in [-0.05, 0) is 29.8 Å². The SMILES string of the molecule is O=C([O-])c1cccnc1SCc1ccc(F)cc1Cl. The minimum absolute atomic E-state index is 0.0331. The van der Waals surface area contributed by atoms with Crippen LogP contribution in [0, 0.1) is 5.82 Å². The lowest BCUT2D eigenvalue weighted by molar-refractivity contribution is -0.255. The number of thioether (sulfide) groups is 1. The summed E-state index contributed by atoms with van der Waals surface area (Å²) in [6, 6.07) is 7.04. The number of carbonyl (C=O) groups is 1. The Bertz CT molecular complexity index is 621. The van der Waals surface area contributed by atoms with E-state index in [2.05, 4.69) is 4.98 Å². The number of pyridine rings is 1. The molecule has 0 aliphatic rings. The second-order valence-electron chi connectivity index (χ2n) is 3.67. The summed E-state index contributed by atoms with van der Waals surface area (Å²) < 4.78 is 12.9. The number of nitrogens with zero attached hydrogens (tertiary/aromatic N) is 1. The maximum Gasteiger partial charge on any atom is 0.124 e. The van der Waals surface area contributed by atoms with E-state index in [0.29, 0.717) is 21.4 Å². The van der Waals surface area contributed by atoms with E-state index in [0.717, 1.165) is 0 Å². The van der Waals surface area contributed by atoms with Crippen LogP contribution in [0.4, 0.5) is 4.39 Å². The van der Waals surface area contributed by atoms with E-state index >= 15 is 0 Å². The Morgan fingerprint density at radius 2 is 2.21 bits per heavy atom. The summed E-state index contributed by atoms with van der Waals surface area (Å²) in [4.78, 5) is 14.9. The van der Waals surface area contributed by atoms with Crippen molar-refractivity contribution in [2.45, 2.75) is 10.8 Å². The van der Waals surface area contributed by atoms with Crippen molar-refractivity contribution in [3.05, 3.63) is 58.5 Å². The molecule has 2 rings (SSSR count). The summed E-state index contributed by atoms with van der Waals surface area (Å²) in [5.41, 5.74) is 0.744. The summed E-state index contributed by atoms with van der Waals surface area (Å²) in [5.74, 6) is -1.29. The normalized spacial score (nSPS) is 10.4. The quantitative estimate of drug-likeness (QED) is 0.814. The minimum Gasteiger partial charge on any atom is -0.545 e. The molecule has 6 heteroatoms. The zero-order valence-corrected chi connectivity index (χ0v) is 11.2. The van der Waals surface area contributed by atoms with E-state index < -0.39 is 11.8 Å². The van der Waals surface area contributed by atoms with Crippen molar-refractivity contribution in [1.82, 2.24) is 4.98 Å². The van der Waals surface area contributed by atoms with Crippen LogP contribution < -0.4 is 5.11 Å². The standard InChI is InChI=1S/C13H9ClFNO2S/c14-11-6-9(15)4-3-8(11)7-19-12-10(13(17)18)2-1-5-16-12/h1-6H,7H2,(H,17,18)/p-1. The zero-order chi connectivity index (χ0) is 13.8. The van der Waals surface area contributed by atoms with Crippen LogP contribution in [0.2, 0.25) is 5.02 Å². The fourth-order valence-corrected chi connectivity index (χ4v) is 2.75. The topological polar surface area (TPSA) is 53.0 Å². The Morgan fingerprint density at radius 3 is 2.89 bits per heavy atom. The van der Waals surface area contributed by atoms with Crippen LogP contribution in [-0.2, 0) is 5.75 Å². The molecule has 0 aliphatic carbocycles. The number of aromatic carboxylic acids is 1. The van der Waals surface area contributed by atoms with Crippen molar-refractivity contribution in [3.8, 4) is 0 Å². The lowest BCUT2D eigenvalue weighted by Gasteiger charge is -2.09.